The molecule has 0 aliphatic rings. The van der Waals surface area contributed by atoms with Gasteiger partial charge < -0.3 is 10.1 Å². The molecule has 2 aromatic carbocycles. The highest BCUT2D eigenvalue weighted by Gasteiger charge is 2.08. The topological polar surface area (TPSA) is 79.2 Å². The number of nitrogens with one attached hydrogen (secondary N) is 1. The minimum atomic E-state index is -3.22. The van der Waals surface area contributed by atoms with E-state index in [4.69, 9.17) is 10.00 Å². The van der Waals surface area contributed by atoms with Crippen LogP contribution in [0, 0.1) is 11.3 Å². The number of ether oxygens (including phenoxy) is 1. The van der Waals surface area contributed by atoms with E-state index in [9.17, 15) is 8.42 Å². The number of hydrogen-bond acceptors (Lipinski definition) is 5. The standard InChI is InChI=1S/C15H14N2O3S/c1-20-13-6-3-11(10-16)15(9-13)17-12-4-7-14(8-5-12)21(2,18)19/h3-9,17H,1-2H3. The van der Waals surface area contributed by atoms with Crippen LogP contribution in [0.4, 0.5) is 11.4 Å². The molecule has 0 saturated carbocycles. The molecule has 0 atom stereocenters. The quantitative estimate of drug-likeness (QED) is 0.939. The van der Waals surface area contributed by atoms with Gasteiger partial charge in [0.2, 0.25) is 0 Å². The Morgan fingerprint density at radius 3 is 2.33 bits per heavy atom. The fourth-order valence-corrected chi connectivity index (χ4v) is 2.42. The van der Waals surface area contributed by atoms with Crippen LogP contribution in [0.25, 0.3) is 0 Å². The number of benzene rings is 2. The molecule has 2 aromatic rings. The average Bonchev–Trinajstić information content (AvgIpc) is 2.46. The third kappa shape index (κ3) is 3.52. The van der Waals surface area contributed by atoms with E-state index in [1.165, 1.54) is 12.1 Å². The molecular formula is C15H14N2O3S. The number of nitrogens with zero attached hydrogens (tertiary/aromatic N) is 1. The van der Waals surface area contributed by atoms with Crippen molar-refractivity contribution < 1.29 is 13.2 Å². The Hall–Kier alpha value is -2.52. The molecule has 0 aliphatic heterocycles. The Morgan fingerprint density at radius 1 is 1.14 bits per heavy atom. The molecule has 108 valence electrons. The first-order valence-electron chi connectivity index (χ1n) is 6.09. The minimum Gasteiger partial charge on any atom is -0.497 e. The van der Waals surface area contributed by atoms with Crippen LogP contribution in [0.5, 0.6) is 5.75 Å². The number of hydrogen-bond donors (Lipinski definition) is 1. The Balaban J connectivity index is 2.32. The van der Waals surface area contributed by atoms with Gasteiger partial charge in [-0.3, -0.25) is 0 Å². The van der Waals surface area contributed by atoms with Crippen molar-refractivity contribution in [2.75, 3.05) is 18.7 Å². The minimum absolute atomic E-state index is 0.249. The maximum Gasteiger partial charge on any atom is 0.175 e. The third-order valence-corrected chi connectivity index (χ3v) is 4.04. The Bertz CT molecular complexity index is 791. The van der Waals surface area contributed by atoms with E-state index >= 15 is 0 Å². The van der Waals surface area contributed by atoms with Crippen molar-refractivity contribution in [3.8, 4) is 11.8 Å². The molecule has 0 heterocycles. The van der Waals surface area contributed by atoms with Crippen molar-refractivity contribution in [1.29, 1.82) is 5.26 Å². The van der Waals surface area contributed by atoms with E-state index < -0.39 is 9.84 Å². The summed E-state index contributed by atoms with van der Waals surface area (Å²) in [4.78, 5) is 0.249. The number of rotatable bonds is 4. The molecule has 2 rings (SSSR count). The predicted octanol–water partition coefficient (Wildman–Crippen LogP) is 2.71. The number of sulfone groups is 1. The lowest BCUT2D eigenvalue weighted by atomic mass is 10.1. The molecular weight excluding hydrogens is 288 g/mol. The second kappa shape index (κ2) is 5.85. The van der Waals surface area contributed by atoms with Crippen molar-refractivity contribution >= 4 is 21.2 Å². The van der Waals surface area contributed by atoms with Gasteiger partial charge in [-0.1, -0.05) is 0 Å². The van der Waals surface area contributed by atoms with E-state index in [1.54, 1.807) is 37.4 Å². The van der Waals surface area contributed by atoms with E-state index in [0.29, 0.717) is 22.7 Å². The molecule has 0 radical (unpaired) electrons. The van der Waals surface area contributed by atoms with E-state index in [-0.39, 0.29) is 4.90 Å². The van der Waals surface area contributed by atoms with Crippen LogP contribution in [0.15, 0.2) is 47.4 Å². The number of nitriles is 1. The Kier molecular flexibility index (Phi) is 4.15. The van der Waals surface area contributed by atoms with Crippen LogP contribution in [0.1, 0.15) is 5.56 Å². The molecule has 1 N–H and O–H groups in total. The van der Waals surface area contributed by atoms with Crippen LogP contribution in [0.3, 0.4) is 0 Å². The maximum atomic E-state index is 11.4. The molecule has 6 heteroatoms. The van der Waals surface area contributed by atoms with Crippen LogP contribution >= 0.6 is 0 Å². The van der Waals surface area contributed by atoms with Gasteiger partial charge in [0.1, 0.15) is 11.8 Å². The number of anilines is 2. The summed E-state index contributed by atoms with van der Waals surface area (Å²) in [6.07, 6.45) is 1.16. The summed E-state index contributed by atoms with van der Waals surface area (Å²) >= 11 is 0. The van der Waals surface area contributed by atoms with Gasteiger partial charge in [0, 0.05) is 18.0 Å². The lowest BCUT2D eigenvalue weighted by Crippen LogP contribution is -1.98. The van der Waals surface area contributed by atoms with Gasteiger partial charge in [-0.2, -0.15) is 5.26 Å². The molecule has 0 amide bonds. The van der Waals surface area contributed by atoms with Crippen LogP contribution in [-0.4, -0.2) is 21.8 Å². The summed E-state index contributed by atoms with van der Waals surface area (Å²) in [5.41, 5.74) is 1.76. The lowest BCUT2D eigenvalue weighted by Gasteiger charge is -2.10. The van der Waals surface area contributed by atoms with Crippen LogP contribution < -0.4 is 10.1 Å². The zero-order valence-electron chi connectivity index (χ0n) is 11.6. The first-order chi connectivity index (χ1) is 9.94. The zero-order valence-corrected chi connectivity index (χ0v) is 12.4. The number of methoxy groups -OCH3 is 1. The lowest BCUT2D eigenvalue weighted by molar-refractivity contribution is 0.415. The Morgan fingerprint density at radius 2 is 1.81 bits per heavy atom. The second-order valence-electron chi connectivity index (χ2n) is 4.44. The van der Waals surface area contributed by atoms with Gasteiger partial charge in [-0.15, -0.1) is 0 Å². The van der Waals surface area contributed by atoms with Gasteiger partial charge in [0.25, 0.3) is 0 Å². The monoisotopic (exact) mass is 302 g/mol. The summed E-state index contributed by atoms with van der Waals surface area (Å²) in [7, 11) is -1.67. The smallest absolute Gasteiger partial charge is 0.175 e. The van der Waals surface area contributed by atoms with Crippen molar-refractivity contribution in [2.45, 2.75) is 4.90 Å². The first-order valence-corrected chi connectivity index (χ1v) is 7.98. The highest BCUT2D eigenvalue weighted by Crippen LogP contribution is 2.26. The normalized spacial score (nSPS) is 10.7. The molecule has 5 nitrogen and oxygen atoms in total. The summed E-state index contributed by atoms with van der Waals surface area (Å²) < 4.78 is 27.9. The molecule has 21 heavy (non-hydrogen) atoms. The summed E-state index contributed by atoms with van der Waals surface area (Å²) in [6.45, 7) is 0. The highest BCUT2D eigenvalue weighted by atomic mass is 32.2. The maximum absolute atomic E-state index is 11.4. The van der Waals surface area contributed by atoms with Crippen molar-refractivity contribution in [2.24, 2.45) is 0 Å². The van der Waals surface area contributed by atoms with E-state index in [1.807, 2.05) is 0 Å². The molecule has 0 unspecified atom stereocenters. The van der Waals surface area contributed by atoms with Crippen LogP contribution in [0.2, 0.25) is 0 Å². The van der Waals surface area contributed by atoms with Gasteiger partial charge >= 0.3 is 0 Å². The summed E-state index contributed by atoms with van der Waals surface area (Å²) in [5, 5.41) is 12.2. The summed E-state index contributed by atoms with van der Waals surface area (Å²) in [5.74, 6) is 0.629. The fourth-order valence-electron chi connectivity index (χ4n) is 1.79. The van der Waals surface area contributed by atoms with Gasteiger partial charge in [-0.25, -0.2) is 8.42 Å². The Labute approximate surface area is 123 Å². The van der Waals surface area contributed by atoms with Crippen molar-refractivity contribution in [1.82, 2.24) is 0 Å². The third-order valence-electron chi connectivity index (χ3n) is 2.91. The van der Waals surface area contributed by atoms with Crippen LogP contribution in [-0.2, 0) is 9.84 Å². The van der Waals surface area contributed by atoms with Gasteiger partial charge in [0.05, 0.1) is 23.3 Å². The molecule has 0 aromatic heterocycles. The molecule has 0 aliphatic carbocycles. The fraction of sp³-hybridized carbons (Fsp3) is 0.133. The highest BCUT2D eigenvalue weighted by molar-refractivity contribution is 7.90. The predicted molar refractivity (Wildman–Crippen MR) is 80.5 cm³/mol. The molecule has 0 fully saturated rings. The summed E-state index contributed by atoms with van der Waals surface area (Å²) in [6, 6.07) is 13.5. The first kappa shape index (κ1) is 14.9. The van der Waals surface area contributed by atoms with E-state index in [2.05, 4.69) is 11.4 Å². The van der Waals surface area contributed by atoms with Crippen molar-refractivity contribution in [3.63, 3.8) is 0 Å². The largest absolute Gasteiger partial charge is 0.497 e. The van der Waals surface area contributed by atoms with Crippen molar-refractivity contribution in [3.05, 3.63) is 48.0 Å². The average molecular weight is 302 g/mol. The molecule has 0 bridgehead atoms. The van der Waals surface area contributed by atoms with E-state index in [0.717, 1.165) is 6.26 Å². The zero-order chi connectivity index (χ0) is 15.5. The van der Waals surface area contributed by atoms with Gasteiger partial charge in [-0.05, 0) is 36.4 Å². The molecule has 0 saturated heterocycles. The van der Waals surface area contributed by atoms with Gasteiger partial charge in [0.15, 0.2) is 9.84 Å². The second-order valence-corrected chi connectivity index (χ2v) is 6.46. The SMILES string of the molecule is COc1ccc(C#N)c(Nc2ccc(S(C)(=O)=O)cc2)c1. The molecule has 0 spiro atoms.